The number of alkyl halides is 6. The Kier molecular flexibility index (Phi) is 8.91. The zero-order valence-corrected chi connectivity index (χ0v) is 23.7. The lowest BCUT2D eigenvalue weighted by Crippen LogP contribution is -2.61. The summed E-state index contributed by atoms with van der Waals surface area (Å²) in [4.78, 5) is 8.93. The fourth-order valence-electron chi connectivity index (χ4n) is 5.57. The van der Waals surface area contributed by atoms with Crippen LogP contribution in [-0.2, 0) is 33.9 Å². The summed E-state index contributed by atoms with van der Waals surface area (Å²) in [5, 5.41) is 4.46. The van der Waals surface area contributed by atoms with E-state index >= 15 is 0 Å². The van der Waals surface area contributed by atoms with Crippen LogP contribution in [0.25, 0.3) is 0 Å². The lowest BCUT2D eigenvalue weighted by molar-refractivity contribution is -0.250. The quantitative estimate of drug-likeness (QED) is 0.219. The van der Waals surface area contributed by atoms with Gasteiger partial charge in [0.25, 0.3) is 0 Å². The van der Waals surface area contributed by atoms with Gasteiger partial charge in [0.15, 0.2) is 12.6 Å². The number of hydrogen-bond acceptors (Lipinski definition) is 7. The highest BCUT2D eigenvalue weighted by atomic mass is 19.4. The van der Waals surface area contributed by atoms with E-state index in [1.165, 1.54) is 13.3 Å². The van der Waals surface area contributed by atoms with E-state index in [1.807, 2.05) is 46.8 Å². The van der Waals surface area contributed by atoms with E-state index in [2.05, 4.69) is 15.0 Å². The van der Waals surface area contributed by atoms with Gasteiger partial charge in [0.05, 0.1) is 24.3 Å². The highest BCUT2D eigenvalue weighted by Crippen LogP contribution is 2.41. The molecule has 3 heterocycles. The maximum Gasteiger partial charge on any atom is 0.416 e. The lowest BCUT2D eigenvalue weighted by atomic mass is 9.88. The Morgan fingerprint density at radius 2 is 1.60 bits per heavy atom. The minimum absolute atomic E-state index is 0.0485. The monoisotopic (exact) mass is 613 g/mol. The summed E-state index contributed by atoms with van der Waals surface area (Å²) in [6.07, 6.45) is -8.54. The van der Waals surface area contributed by atoms with Gasteiger partial charge in [0, 0.05) is 13.1 Å². The fourth-order valence-corrected chi connectivity index (χ4v) is 5.57. The smallest absolute Gasteiger partial charge is 0.416 e. The molecule has 43 heavy (non-hydrogen) atoms. The number of aromatic nitrogens is 3. The van der Waals surface area contributed by atoms with E-state index in [-0.39, 0.29) is 12.7 Å². The Morgan fingerprint density at radius 3 is 2.23 bits per heavy atom. The number of halogens is 6. The molecule has 2 aliphatic rings. The average molecular weight is 614 g/mol. The van der Waals surface area contributed by atoms with Crippen molar-refractivity contribution >= 4 is 5.95 Å². The molecule has 2 fully saturated rings. The van der Waals surface area contributed by atoms with Crippen LogP contribution >= 0.6 is 0 Å². The summed E-state index contributed by atoms with van der Waals surface area (Å²) in [7, 11) is 0. The Hall–Kier alpha value is -3.36. The van der Waals surface area contributed by atoms with Crippen molar-refractivity contribution in [2.75, 3.05) is 37.7 Å². The predicted molar refractivity (Wildman–Crippen MR) is 144 cm³/mol. The van der Waals surface area contributed by atoms with Crippen LogP contribution in [0.4, 0.5) is 32.3 Å². The number of morpholine rings is 1. The Balaban J connectivity index is 1.42. The fraction of sp³-hybridized carbons (Fsp3) is 0.517. The molecule has 2 saturated heterocycles. The average Bonchev–Trinajstić information content (AvgIpc) is 3.64. The van der Waals surface area contributed by atoms with Gasteiger partial charge in [0.1, 0.15) is 17.6 Å². The van der Waals surface area contributed by atoms with Gasteiger partial charge in [0.2, 0.25) is 5.95 Å². The van der Waals surface area contributed by atoms with Crippen molar-refractivity contribution < 1.29 is 40.6 Å². The number of anilines is 1. The minimum atomic E-state index is -5.01. The number of ether oxygens (including phenoxy) is 3. The van der Waals surface area contributed by atoms with Crippen molar-refractivity contribution in [1.29, 1.82) is 0 Å². The van der Waals surface area contributed by atoms with Crippen LogP contribution in [-0.4, -0.2) is 65.0 Å². The summed E-state index contributed by atoms with van der Waals surface area (Å²) in [6.45, 7) is 7.39. The molecule has 2 aromatic carbocycles. The summed E-state index contributed by atoms with van der Waals surface area (Å²) in [5.41, 5.74) is -3.20. The van der Waals surface area contributed by atoms with Crippen molar-refractivity contribution in [2.45, 2.75) is 63.7 Å². The number of likely N-dealkylation sites (tertiary alicyclic amines) is 1. The zero-order chi connectivity index (χ0) is 30.8. The molecular formula is C29H33F6N5O3. The highest BCUT2D eigenvalue weighted by molar-refractivity contribution is 5.43. The van der Waals surface area contributed by atoms with Crippen molar-refractivity contribution in [2.24, 2.45) is 0 Å². The standard InChI is InChI=1S/C29H33F6N5O3/c1-20(42-24-17-22(28(30,31)32)16-23(18-24)29(33,34)35)43-25-27(2,21-8-4-3-5-9-21)39(14-15-41-25)26-36-19-37-40(26)13-12-38-10-6-7-11-38/h3-5,8-9,16-20,25H,6-7,10-15H2,1-2H3/t20-,25-,27+/m1/s1. The third kappa shape index (κ3) is 6.91. The van der Waals surface area contributed by atoms with Gasteiger partial charge >= 0.3 is 12.4 Å². The van der Waals surface area contributed by atoms with E-state index in [1.54, 1.807) is 0 Å². The largest absolute Gasteiger partial charge is 0.465 e. The van der Waals surface area contributed by atoms with Crippen LogP contribution in [0.1, 0.15) is 43.4 Å². The van der Waals surface area contributed by atoms with Gasteiger partial charge in [-0.25, -0.2) is 4.68 Å². The Morgan fingerprint density at radius 1 is 0.953 bits per heavy atom. The number of hydrogen-bond donors (Lipinski definition) is 0. The Labute approximate surface area is 245 Å². The molecule has 0 bridgehead atoms. The van der Waals surface area contributed by atoms with Crippen LogP contribution in [0.3, 0.4) is 0 Å². The molecule has 0 radical (unpaired) electrons. The van der Waals surface area contributed by atoms with Crippen molar-refractivity contribution in [1.82, 2.24) is 19.7 Å². The molecular weight excluding hydrogens is 580 g/mol. The molecule has 0 amide bonds. The van der Waals surface area contributed by atoms with E-state index in [9.17, 15) is 26.3 Å². The van der Waals surface area contributed by atoms with Crippen LogP contribution in [0, 0.1) is 0 Å². The molecule has 0 unspecified atom stereocenters. The molecule has 14 heteroatoms. The first kappa shape index (κ1) is 31.1. The molecule has 0 saturated carbocycles. The Bertz CT molecular complexity index is 1330. The van der Waals surface area contributed by atoms with Gasteiger partial charge in [-0.3, -0.25) is 0 Å². The summed E-state index contributed by atoms with van der Waals surface area (Å²) in [5.74, 6) is -0.0471. The van der Waals surface area contributed by atoms with Crippen LogP contribution < -0.4 is 9.64 Å². The minimum Gasteiger partial charge on any atom is -0.465 e. The van der Waals surface area contributed by atoms with E-state index < -0.39 is 47.3 Å². The highest BCUT2D eigenvalue weighted by Gasteiger charge is 2.49. The molecule has 0 N–H and O–H groups in total. The first-order valence-electron chi connectivity index (χ1n) is 14.0. The molecule has 0 aliphatic carbocycles. The van der Waals surface area contributed by atoms with Crippen LogP contribution in [0.5, 0.6) is 5.75 Å². The van der Waals surface area contributed by atoms with Gasteiger partial charge < -0.3 is 24.0 Å². The van der Waals surface area contributed by atoms with Gasteiger partial charge in [-0.15, -0.1) is 0 Å². The second-order valence-corrected chi connectivity index (χ2v) is 10.8. The molecule has 1 aromatic heterocycles. The maximum absolute atomic E-state index is 13.4. The first-order chi connectivity index (χ1) is 20.4. The van der Waals surface area contributed by atoms with E-state index in [4.69, 9.17) is 14.2 Å². The summed E-state index contributed by atoms with van der Waals surface area (Å²) < 4.78 is 99.8. The topological polar surface area (TPSA) is 64.9 Å². The number of benzene rings is 2. The van der Waals surface area contributed by atoms with Crippen LogP contribution in [0.2, 0.25) is 0 Å². The molecule has 3 atom stereocenters. The maximum atomic E-state index is 13.4. The van der Waals surface area contributed by atoms with Crippen molar-refractivity contribution in [3.63, 3.8) is 0 Å². The molecule has 2 aliphatic heterocycles. The number of rotatable bonds is 9. The summed E-state index contributed by atoms with van der Waals surface area (Å²) >= 11 is 0. The molecule has 3 aromatic rings. The molecule has 8 nitrogen and oxygen atoms in total. The lowest BCUT2D eigenvalue weighted by Gasteiger charge is -2.50. The second-order valence-electron chi connectivity index (χ2n) is 10.8. The molecule has 5 rings (SSSR count). The zero-order valence-electron chi connectivity index (χ0n) is 23.7. The molecule has 234 valence electrons. The van der Waals surface area contributed by atoms with Gasteiger partial charge in [-0.05, 0) is 63.5 Å². The first-order valence-corrected chi connectivity index (χ1v) is 14.0. The van der Waals surface area contributed by atoms with Gasteiger partial charge in [-0.2, -0.15) is 36.4 Å². The third-order valence-electron chi connectivity index (χ3n) is 7.80. The predicted octanol–water partition coefficient (Wildman–Crippen LogP) is 5.93. The number of nitrogens with zero attached hydrogens (tertiary/aromatic N) is 5. The summed E-state index contributed by atoms with van der Waals surface area (Å²) in [6, 6.07) is 10.4. The van der Waals surface area contributed by atoms with Crippen molar-refractivity contribution in [3.05, 3.63) is 71.5 Å². The van der Waals surface area contributed by atoms with Gasteiger partial charge in [-0.1, -0.05) is 30.3 Å². The second kappa shape index (κ2) is 12.3. The van der Waals surface area contributed by atoms with Crippen LogP contribution in [0.15, 0.2) is 54.9 Å². The van der Waals surface area contributed by atoms with E-state index in [0.29, 0.717) is 31.2 Å². The molecule has 0 spiro atoms. The third-order valence-corrected chi connectivity index (χ3v) is 7.80. The van der Waals surface area contributed by atoms with Crippen molar-refractivity contribution in [3.8, 4) is 5.75 Å². The van der Waals surface area contributed by atoms with E-state index in [0.717, 1.165) is 38.0 Å². The SMILES string of the molecule is C[C@H](Oc1cc(C(F)(F)F)cc(C(F)(F)F)c1)O[C@H]1OCCN(c2ncnn2CCN2CCCC2)[C@@]1(C)c1ccccc1. The normalized spacial score (nSPS) is 22.6.